The summed E-state index contributed by atoms with van der Waals surface area (Å²) in [7, 11) is -3.96. The predicted octanol–water partition coefficient (Wildman–Crippen LogP) is 3.05. The number of hydrogen-bond acceptors (Lipinski definition) is 7. The van der Waals surface area contributed by atoms with Gasteiger partial charge in [-0.2, -0.15) is 4.31 Å². The van der Waals surface area contributed by atoms with Crippen LogP contribution in [0, 0.1) is 5.92 Å². The zero-order valence-corrected chi connectivity index (χ0v) is 22.6. The molecule has 206 valence electrons. The molecule has 3 heterocycles. The van der Waals surface area contributed by atoms with Crippen molar-refractivity contribution in [3.05, 3.63) is 60.5 Å². The molecule has 2 amide bonds. The molecule has 3 aromatic rings. The number of rotatable bonds is 6. The highest BCUT2D eigenvalue weighted by Gasteiger charge is 2.44. The number of benzene rings is 1. The lowest BCUT2D eigenvalue weighted by molar-refractivity contribution is -0.133. The van der Waals surface area contributed by atoms with Gasteiger partial charge in [0.25, 0.3) is 15.9 Å². The smallest absolute Gasteiger partial charge is 0.287 e. The van der Waals surface area contributed by atoms with Gasteiger partial charge in [0.05, 0.1) is 12.6 Å². The highest BCUT2D eigenvalue weighted by Crippen LogP contribution is 2.31. The number of aromatic nitrogens is 1. The Kier molecular flexibility index (Phi) is 7.55. The summed E-state index contributed by atoms with van der Waals surface area (Å²) in [5.41, 5.74) is -0.617. The van der Waals surface area contributed by atoms with Gasteiger partial charge in [-0.15, -0.1) is 0 Å². The van der Waals surface area contributed by atoms with Crippen molar-refractivity contribution in [3.8, 4) is 0 Å². The summed E-state index contributed by atoms with van der Waals surface area (Å²) >= 11 is 0. The minimum atomic E-state index is -3.96. The summed E-state index contributed by atoms with van der Waals surface area (Å²) in [6.45, 7) is 1.58. The molecule has 5 rings (SSSR count). The fourth-order valence-electron chi connectivity index (χ4n) is 5.46. The molecule has 1 aliphatic carbocycles. The lowest BCUT2D eigenvalue weighted by Crippen LogP contribution is -2.62. The first kappa shape index (κ1) is 27.0. The summed E-state index contributed by atoms with van der Waals surface area (Å²) in [4.78, 5) is 44.3. The molecule has 0 radical (unpaired) electrons. The van der Waals surface area contributed by atoms with E-state index in [2.05, 4.69) is 15.6 Å². The number of Topliss-reactive ketones (excluding diaryl/α,β-unsaturated/α-hetero) is 1. The highest BCUT2D eigenvalue weighted by molar-refractivity contribution is 7.89. The molecular formula is C28H32N4O6S. The van der Waals surface area contributed by atoms with E-state index in [1.807, 2.05) is 25.1 Å². The molecule has 2 aliphatic rings. The van der Waals surface area contributed by atoms with E-state index >= 15 is 0 Å². The Morgan fingerprint density at radius 2 is 1.82 bits per heavy atom. The molecular weight excluding hydrogens is 520 g/mol. The van der Waals surface area contributed by atoms with Crippen molar-refractivity contribution in [2.45, 2.75) is 62.1 Å². The van der Waals surface area contributed by atoms with Crippen molar-refractivity contribution in [2.24, 2.45) is 5.92 Å². The van der Waals surface area contributed by atoms with Crippen LogP contribution in [0.5, 0.6) is 0 Å². The van der Waals surface area contributed by atoms with Gasteiger partial charge in [0.1, 0.15) is 11.1 Å². The van der Waals surface area contributed by atoms with Gasteiger partial charge in [-0.1, -0.05) is 50.5 Å². The van der Waals surface area contributed by atoms with E-state index in [-0.39, 0.29) is 29.8 Å². The van der Waals surface area contributed by atoms with Crippen LogP contribution in [-0.4, -0.2) is 60.0 Å². The number of pyridine rings is 1. The molecule has 1 aromatic carbocycles. The van der Waals surface area contributed by atoms with E-state index < -0.39 is 39.2 Å². The van der Waals surface area contributed by atoms with Gasteiger partial charge < -0.3 is 15.1 Å². The average Bonchev–Trinajstić information content (AvgIpc) is 3.33. The van der Waals surface area contributed by atoms with Gasteiger partial charge in [0.15, 0.2) is 16.6 Å². The zero-order chi connectivity index (χ0) is 27.6. The molecule has 0 unspecified atom stereocenters. The average molecular weight is 553 g/mol. The third-order valence-electron chi connectivity index (χ3n) is 7.75. The topological polar surface area (TPSA) is 139 Å². The lowest BCUT2D eigenvalue weighted by atomic mass is 9.80. The summed E-state index contributed by atoms with van der Waals surface area (Å²) in [5, 5.41) is 6.48. The Balaban J connectivity index is 1.33. The number of nitrogens with one attached hydrogen (secondary N) is 2. The number of ketones is 1. The number of para-hydroxylation sites is 1. The van der Waals surface area contributed by atoms with Crippen LogP contribution in [0.15, 0.2) is 64.2 Å². The number of hydrogen-bond donors (Lipinski definition) is 2. The molecule has 2 aromatic heterocycles. The third-order valence-corrected chi connectivity index (χ3v) is 9.52. The van der Waals surface area contributed by atoms with Gasteiger partial charge in [-0.25, -0.2) is 13.4 Å². The minimum Gasteiger partial charge on any atom is -0.451 e. The molecule has 11 heteroatoms. The molecule has 39 heavy (non-hydrogen) atoms. The second kappa shape index (κ2) is 10.9. The Morgan fingerprint density at radius 1 is 1.08 bits per heavy atom. The van der Waals surface area contributed by atoms with E-state index in [0.29, 0.717) is 24.8 Å². The Morgan fingerprint density at radius 3 is 2.54 bits per heavy atom. The molecule has 2 N–H and O–H groups in total. The van der Waals surface area contributed by atoms with Crippen LogP contribution in [0.25, 0.3) is 11.0 Å². The fraction of sp³-hybridized carbons (Fsp3) is 0.429. The first-order valence-electron chi connectivity index (χ1n) is 13.3. The Hall–Kier alpha value is -3.57. The van der Waals surface area contributed by atoms with Crippen LogP contribution in [0.4, 0.5) is 0 Å². The number of furan rings is 1. The summed E-state index contributed by atoms with van der Waals surface area (Å²) in [5.74, 6) is -1.52. The maximum Gasteiger partial charge on any atom is 0.287 e. The molecule has 1 saturated heterocycles. The summed E-state index contributed by atoms with van der Waals surface area (Å²) in [6.07, 6.45) is 5.06. The quantitative estimate of drug-likeness (QED) is 0.479. The number of sulfonamides is 1. The standard InChI is InChI=1S/C28H32N4O6S/c1-19-12-16-32(39(36,37)24-11-5-8-15-29-24)18-21(33)25(19)30-27(35)28(13-6-2-7-14-28)31-26(34)23-17-20-9-3-4-10-22(20)38-23/h3-5,8-11,15,17,19,25H,2,6-7,12-14,16,18H2,1H3,(H,30,35)(H,31,34)/t19-,25+/m0/s1. The SMILES string of the molecule is C[C@H]1CCN(S(=O)(=O)c2ccccn2)CC(=O)[C@@H]1NC(=O)C1(NC(=O)c2cc3ccccc3o2)CCCCC1. The van der Waals surface area contributed by atoms with Gasteiger partial charge in [-0.3, -0.25) is 14.4 Å². The number of amides is 2. The maximum absolute atomic E-state index is 13.8. The van der Waals surface area contributed by atoms with Crippen molar-refractivity contribution in [1.82, 2.24) is 19.9 Å². The van der Waals surface area contributed by atoms with E-state index in [9.17, 15) is 22.8 Å². The van der Waals surface area contributed by atoms with Crippen LogP contribution in [0.3, 0.4) is 0 Å². The third kappa shape index (κ3) is 5.46. The van der Waals surface area contributed by atoms with Gasteiger partial charge in [-0.05, 0) is 49.4 Å². The minimum absolute atomic E-state index is 0.114. The molecule has 0 spiro atoms. The van der Waals surface area contributed by atoms with Gasteiger partial charge in [0.2, 0.25) is 5.91 Å². The molecule has 1 aliphatic heterocycles. The number of fused-ring (bicyclic) bond motifs is 1. The number of nitrogens with zero attached hydrogens (tertiary/aromatic N) is 2. The first-order chi connectivity index (χ1) is 18.7. The predicted molar refractivity (Wildman–Crippen MR) is 143 cm³/mol. The van der Waals surface area contributed by atoms with Crippen molar-refractivity contribution < 1.29 is 27.2 Å². The fourth-order valence-corrected chi connectivity index (χ4v) is 6.81. The molecule has 1 saturated carbocycles. The number of carbonyl (C=O) groups excluding carboxylic acids is 3. The largest absolute Gasteiger partial charge is 0.451 e. The first-order valence-corrected chi connectivity index (χ1v) is 14.7. The van der Waals surface area contributed by atoms with Crippen molar-refractivity contribution in [1.29, 1.82) is 0 Å². The monoisotopic (exact) mass is 552 g/mol. The Labute approximate surface area is 227 Å². The normalized spacial score (nSPS) is 22.2. The molecule has 10 nitrogen and oxygen atoms in total. The second-order valence-electron chi connectivity index (χ2n) is 10.4. The summed E-state index contributed by atoms with van der Waals surface area (Å²) < 4.78 is 33.1. The second-order valence-corrected chi connectivity index (χ2v) is 12.3. The highest BCUT2D eigenvalue weighted by atomic mass is 32.2. The lowest BCUT2D eigenvalue weighted by Gasteiger charge is -2.38. The van der Waals surface area contributed by atoms with Crippen LogP contribution in [0.1, 0.15) is 56.0 Å². The molecule has 2 atom stereocenters. The molecule has 0 bridgehead atoms. The summed E-state index contributed by atoms with van der Waals surface area (Å²) in [6, 6.07) is 12.6. The van der Waals surface area contributed by atoms with Crippen molar-refractivity contribution >= 4 is 38.6 Å². The zero-order valence-electron chi connectivity index (χ0n) is 21.8. The van der Waals surface area contributed by atoms with Crippen molar-refractivity contribution in [2.75, 3.05) is 13.1 Å². The van der Waals surface area contributed by atoms with Crippen LogP contribution in [0.2, 0.25) is 0 Å². The van der Waals surface area contributed by atoms with E-state index in [1.165, 1.54) is 12.3 Å². The maximum atomic E-state index is 13.8. The van der Waals surface area contributed by atoms with Crippen LogP contribution < -0.4 is 10.6 Å². The van der Waals surface area contributed by atoms with Crippen LogP contribution in [-0.2, 0) is 19.6 Å². The Bertz CT molecular complexity index is 1450. The van der Waals surface area contributed by atoms with E-state index in [0.717, 1.165) is 29.0 Å². The van der Waals surface area contributed by atoms with Gasteiger partial charge >= 0.3 is 0 Å². The van der Waals surface area contributed by atoms with Crippen molar-refractivity contribution in [3.63, 3.8) is 0 Å². The number of carbonyl (C=O) groups is 3. The van der Waals surface area contributed by atoms with E-state index in [4.69, 9.17) is 4.42 Å². The van der Waals surface area contributed by atoms with Gasteiger partial charge in [0, 0.05) is 18.1 Å². The molecule has 2 fully saturated rings. The van der Waals surface area contributed by atoms with E-state index in [1.54, 1.807) is 24.3 Å². The van der Waals surface area contributed by atoms with Crippen LogP contribution >= 0.6 is 0 Å².